The van der Waals surface area contributed by atoms with Crippen molar-refractivity contribution in [1.29, 1.82) is 0 Å². The number of rotatable bonds is 2. The van der Waals surface area contributed by atoms with Crippen LogP contribution >= 0.6 is 15.9 Å². The zero-order valence-electron chi connectivity index (χ0n) is 9.39. The predicted octanol–water partition coefficient (Wildman–Crippen LogP) is 2.31. The molecule has 0 N–H and O–H groups in total. The van der Waals surface area contributed by atoms with E-state index in [9.17, 15) is 14.0 Å². The molecule has 2 aromatic rings. The summed E-state index contributed by atoms with van der Waals surface area (Å²) in [5, 5.41) is 3.53. The molecule has 96 valence electrons. The van der Waals surface area contributed by atoms with Crippen LogP contribution in [0.25, 0.3) is 0 Å². The van der Waals surface area contributed by atoms with Crippen LogP contribution in [0.15, 0.2) is 33.6 Å². The Labute approximate surface area is 115 Å². The van der Waals surface area contributed by atoms with Crippen LogP contribution in [0, 0.1) is 5.82 Å². The number of fused-ring (bicyclic) bond motifs is 1. The van der Waals surface area contributed by atoms with Crippen molar-refractivity contribution in [1.82, 2.24) is 5.16 Å². The minimum atomic E-state index is -0.716. The van der Waals surface area contributed by atoms with Crippen LogP contribution in [0.5, 0.6) is 0 Å². The first kappa shape index (κ1) is 12.0. The van der Waals surface area contributed by atoms with E-state index in [-0.39, 0.29) is 12.1 Å². The van der Waals surface area contributed by atoms with Gasteiger partial charge in [-0.25, -0.2) is 4.39 Å². The van der Waals surface area contributed by atoms with E-state index >= 15 is 0 Å². The molecular weight excluding hydrogens is 319 g/mol. The summed E-state index contributed by atoms with van der Waals surface area (Å²) in [6, 6.07) is 2.28. The van der Waals surface area contributed by atoms with Crippen molar-refractivity contribution in [3.05, 3.63) is 46.0 Å². The Bertz CT molecular complexity index is 685. The highest BCUT2D eigenvalue weighted by atomic mass is 79.9. The summed E-state index contributed by atoms with van der Waals surface area (Å²) in [6.07, 6.45) is 2.83. The average Bonchev–Trinajstić information content (AvgIpc) is 2.93. The molecule has 19 heavy (non-hydrogen) atoms. The van der Waals surface area contributed by atoms with Crippen molar-refractivity contribution < 1.29 is 18.5 Å². The van der Waals surface area contributed by atoms with Crippen LogP contribution in [-0.2, 0) is 11.3 Å². The molecule has 0 radical (unpaired) electrons. The molecule has 2 heterocycles. The zero-order chi connectivity index (χ0) is 13.6. The molecule has 7 heteroatoms. The van der Waals surface area contributed by atoms with Gasteiger partial charge < -0.3 is 4.52 Å². The van der Waals surface area contributed by atoms with Crippen molar-refractivity contribution in [2.45, 2.75) is 6.54 Å². The third-order valence-corrected chi connectivity index (χ3v) is 3.41. The van der Waals surface area contributed by atoms with Gasteiger partial charge in [-0.05, 0) is 28.1 Å². The molecule has 1 aromatic carbocycles. The molecule has 1 amide bonds. The fourth-order valence-electron chi connectivity index (χ4n) is 1.99. The van der Waals surface area contributed by atoms with E-state index < -0.39 is 17.5 Å². The number of aromatic nitrogens is 1. The lowest BCUT2D eigenvalue weighted by molar-refractivity contribution is -0.114. The first-order chi connectivity index (χ1) is 9.08. The van der Waals surface area contributed by atoms with Gasteiger partial charge in [0.2, 0.25) is 0 Å². The number of Topliss-reactive ketones (excluding diaryl/α,β-unsaturated/α-hetero) is 1. The molecular formula is C12H6BrFN2O3. The maximum Gasteiger partial charge on any atom is 0.299 e. The van der Waals surface area contributed by atoms with Crippen LogP contribution < -0.4 is 4.90 Å². The molecule has 1 aromatic heterocycles. The molecule has 0 spiro atoms. The zero-order valence-corrected chi connectivity index (χ0v) is 11.0. The summed E-state index contributed by atoms with van der Waals surface area (Å²) < 4.78 is 18.3. The van der Waals surface area contributed by atoms with E-state index in [1.54, 1.807) is 0 Å². The Balaban J connectivity index is 2.09. The van der Waals surface area contributed by atoms with E-state index in [0.717, 1.165) is 6.07 Å². The van der Waals surface area contributed by atoms with Crippen molar-refractivity contribution in [2.75, 3.05) is 4.90 Å². The van der Waals surface area contributed by atoms with Crippen LogP contribution in [0.3, 0.4) is 0 Å². The number of hydrogen-bond acceptors (Lipinski definition) is 4. The second-order valence-electron chi connectivity index (χ2n) is 4.04. The van der Waals surface area contributed by atoms with E-state index in [1.165, 1.54) is 23.4 Å². The first-order valence-electron chi connectivity index (χ1n) is 5.31. The number of amides is 1. The number of benzene rings is 1. The number of anilines is 1. The van der Waals surface area contributed by atoms with E-state index in [2.05, 4.69) is 25.6 Å². The van der Waals surface area contributed by atoms with E-state index in [4.69, 9.17) is 0 Å². The quantitative estimate of drug-likeness (QED) is 0.795. The van der Waals surface area contributed by atoms with Crippen molar-refractivity contribution in [3.8, 4) is 0 Å². The lowest BCUT2D eigenvalue weighted by atomic mass is 10.1. The first-order valence-corrected chi connectivity index (χ1v) is 6.10. The molecule has 0 bridgehead atoms. The predicted molar refractivity (Wildman–Crippen MR) is 66.1 cm³/mol. The van der Waals surface area contributed by atoms with Gasteiger partial charge in [0.1, 0.15) is 12.1 Å². The van der Waals surface area contributed by atoms with Gasteiger partial charge in [0, 0.05) is 10.0 Å². The number of carbonyl (C=O) groups excluding carboxylic acids is 2. The van der Waals surface area contributed by atoms with Crippen LogP contribution in [0.2, 0.25) is 0 Å². The van der Waals surface area contributed by atoms with Gasteiger partial charge in [-0.3, -0.25) is 14.5 Å². The Kier molecular flexibility index (Phi) is 2.70. The third kappa shape index (κ3) is 1.86. The van der Waals surface area contributed by atoms with Crippen LogP contribution in [-0.4, -0.2) is 16.8 Å². The SMILES string of the molecule is O=C1C(=O)N(Cc2cnoc2)c2c(Br)cc(F)cc21. The highest BCUT2D eigenvalue weighted by Gasteiger charge is 2.38. The monoisotopic (exact) mass is 324 g/mol. The molecule has 0 unspecified atom stereocenters. The minimum absolute atomic E-state index is 0.0633. The molecule has 0 aliphatic carbocycles. The molecule has 0 atom stereocenters. The molecule has 1 aliphatic rings. The summed E-state index contributed by atoms with van der Waals surface area (Å²) in [5.41, 5.74) is 1.08. The number of hydrogen-bond donors (Lipinski definition) is 0. The third-order valence-electron chi connectivity index (χ3n) is 2.81. The smallest absolute Gasteiger partial charge is 0.299 e. The van der Waals surface area contributed by atoms with Crippen molar-refractivity contribution in [3.63, 3.8) is 0 Å². The fraction of sp³-hybridized carbons (Fsp3) is 0.0833. The highest BCUT2D eigenvalue weighted by molar-refractivity contribution is 9.10. The van der Waals surface area contributed by atoms with Crippen molar-refractivity contribution >= 4 is 33.3 Å². The number of ketones is 1. The molecule has 0 saturated heterocycles. The average molecular weight is 325 g/mol. The minimum Gasteiger partial charge on any atom is -0.364 e. The Morgan fingerprint density at radius 1 is 1.37 bits per heavy atom. The largest absolute Gasteiger partial charge is 0.364 e. The van der Waals surface area contributed by atoms with E-state index in [1.807, 2.05) is 0 Å². The summed E-state index contributed by atoms with van der Waals surface area (Å²) in [7, 11) is 0. The standard InChI is InChI=1S/C12H6BrFN2O3/c13-9-2-7(14)1-8-10(9)16(12(18)11(8)17)4-6-3-15-19-5-6/h1-3,5H,4H2. The highest BCUT2D eigenvalue weighted by Crippen LogP contribution is 2.37. The molecule has 0 fully saturated rings. The Hall–Kier alpha value is -2.02. The van der Waals surface area contributed by atoms with Gasteiger partial charge in [-0.2, -0.15) is 0 Å². The summed E-state index contributed by atoms with van der Waals surface area (Å²) in [6.45, 7) is 0.144. The molecule has 1 aliphatic heterocycles. The molecule has 3 rings (SSSR count). The normalized spacial score (nSPS) is 14.1. The van der Waals surface area contributed by atoms with Gasteiger partial charge >= 0.3 is 0 Å². The topological polar surface area (TPSA) is 63.4 Å². The van der Waals surface area contributed by atoms with Gasteiger partial charge in [0.15, 0.2) is 0 Å². The lowest BCUT2D eigenvalue weighted by Gasteiger charge is -2.16. The second-order valence-corrected chi connectivity index (χ2v) is 4.89. The van der Waals surface area contributed by atoms with Gasteiger partial charge in [0.05, 0.1) is 24.0 Å². The maximum absolute atomic E-state index is 13.3. The number of halogens is 2. The van der Waals surface area contributed by atoms with Crippen LogP contribution in [0.4, 0.5) is 10.1 Å². The maximum atomic E-state index is 13.3. The summed E-state index contributed by atoms with van der Waals surface area (Å²) in [5.74, 6) is -1.98. The number of carbonyl (C=O) groups is 2. The summed E-state index contributed by atoms with van der Waals surface area (Å²) >= 11 is 3.17. The lowest BCUT2D eigenvalue weighted by Crippen LogP contribution is -2.29. The number of nitrogens with zero attached hydrogens (tertiary/aromatic N) is 2. The van der Waals surface area contributed by atoms with Gasteiger partial charge in [-0.1, -0.05) is 5.16 Å². The fourth-order valence-corrected chi connectivity index (χ4v) is 2.64. The van der Waals surface area contributed by atoms with Gasteiger partial charge in [-0.15, -0.1) is 0 Å². The van der Waals surface area contributed by atoms with Crippen LogP contribution in [0.1, 0.15) is 15.9 Å². The van der Waals surface area contributed by atoms with Crippen molar-refractivity contribution in [2.24, 2.45) is 0 Å². The summed E-state index contributed by atoms with van der Waals surface area (Å²) in [4.78, 5) is 25.0. The molecule has 5 nitrogen and oxygen atoms in total. The van der Waals surface area contributed by atoms with Gasteiger partial charge in [0.25, 0.3) is 11.7 Å². The Morgan fingerprint density at radius 2 is 2.16 bits per heavy atom. The van der Waals surface area contributed by atoms with E-state index in [0.29, 0.717) is 15.7 Å². The molecule has 0 saturated carbocycles. The second kappa shape index (κ2) is 4.27. The Morgan fingerprint density at radius 3 is 2.84 bits per heavy atom.